The van der Waals surface area contributed by atoms with Crippen molar-refractivity contribution in [1.29, 1.82) is 0 Å². The highest BCUT2D eigenvalue weighted by Crippen LogP contribution is 2.47. The summed E-state index contributed by atoms with van der Waals surface area (Å²) in [6.07, 6.45) is 1.67. The number of hydrogen-bond acceptors (Lipinski definition) is 6. The lowest BCUT2D eigenvalue weighted by atomic mass is 10.0. The summed E-state index contributed by atoms with van der Waals surface area (Å²) in [5.74, 6) is 0. The van der Waals surface area contributed by atoms with Gasteiger partial charge in [0.2, 0.25) is 0 Å². The topological polar surface area (TPSA) is 124 Å². The second-order valence-electron chi connectivity index (χ2n) is 7.42. The fraction of sp³-hybridized carbons (Fsp3) is 0.0909. The van der Waals surface area contributed by atoms with E-state index in [0.717, 1.165) is 31.1 Å². The molecule has 0 spiro atoms. The first-order chi connectivity index (χ1) is 15.6. The maximum absolute atomic E-state index is 13.5. The summed E-state index contributed by atoms with van der Waals surface area (Å²) in [4.78, 5) is 21.8. The molecule has 0 aromatic heterocycles. The second-order valence-corrected chi connectivity index (χ2v) is 10.5. The SMILES string of the molecule is Cc1ccc(S(=O)(=O)N2C/C(=C\c3cccc(I)c3)c3c2cc([N+](=O)[O-])cc3[N+](=O)[O-])cc1. The standard InChI is InChI=1S/C22H16IN3O6S/c1-14-5-7-19(8-6-14)33(31,32)24-13-16(9-15-3-2-4-17(23)10-15)22-20(24)11-18(25(27)28)12-21(22)26(29)30/h2-12H,13H2,1H3/b16-9+. The van der Waals surface area contributed by atoms with E-state index in [1.165, 1.54) is 12.1 Å². The number of aryl methyl sites for hydroxylation is 1. The number of sulfonamides is 1. The number of non-ortho nitro benzene ring substituents is 1. The molecule has 9 nitrogen and oxygen atoms in total. The Bertz CT molecular complexity index is 1430. The minimum absolute atomic E-state index is 0.0104. The summed E-state index contributed by atoms with van der Waals surface area (Å²) in [6.45, 7) is 1.62. The minimum Gasteiger partial charge on any atom is -0.261 e. The highest BCUT2D eigenvalue weighted by molar-refractivity contribution is 14.1. The van der Waals surface area contributed by atoms with E-state index >= 15 is 0 Å². The molecule has 4 rings (SSSR count). The Hall–Kier alpha value is -3.32. The predicted molar refractivity (Wildman–Crippen MR) is 132 cm³/mol. The van der Waals surface area contributed by atoms with Gasteiger partial charge < -0.3 is 0 Å². The number of nitrogens with zero attached hydrogens (tertiary/aromatic N) is 3. The van der Waals surface area contributed by atoms with Crippen molar-refractivity contribution in [3.05, 3.63) is 101 Å². The largest absolute Gasteiger partial charge is 0.285 e. The van der Waals surface area contributed by atoms with Gasteiger partial charge in [-0.25, -0.2) is 8.42 Å². The van der Waals surface area contributed by atoms with Crippen LogP contribution in [0.1, 0.15) is 16.7 Å². The van der Waals surface area contributed by atoms with Crippen LogP contribution in [-0.2, 0) is 10.0 Å². The molecule has 1 aliphatic rings. The summed E-state index contributed by atoms with van der Waals surface area (Å²) < 4.78 is 28.9. The van der Waals surface area contributed by atoms with Crippen LogP contribution in [-0.4, -0.2) is 24.8 Å². The lowest BCUT2D eigenvalue weighted by molar-refractivity contribution is -0.394. The first-order valence-electron chi connectivity index (χ1n) is 9.60. The Morgan fingerprint density at radius 3 is 2.30 bits per heavy atom. The molecule has 0 aliphatic carbocycles. The fourth-order valence-corrected chi connectivity index (χ4v) is 5.67. The monoisotopic (exact) mass is 577 g/mol. The van der Waals surface area contributed by atoms with Crippen molar-refractivity contribution < 1.29 is 18.3 Å². The molecule has 33 heavy (non-hydrogen) atoms. The van der Waals surface area contributed by atoms with E-state index in [4.69, 9.17) is 0 Å². The minimum atomic E-state index is -4.14. The number of anilines is 1. The van der Waals surface area contributed by atoms with Gasteiger partial charge in [0.05, 0.1) is 38.6 Å². The van der Waals surface area contributed by atoms with Crippen LogP contribution in [0.25, 0.3) is 11.6 Å². The Balaban J connectivity index is 1.98. The summed E-state index contributed by atoms with van der Waals surface area (Å²) >= 11 is 2.13. The van der Waals surface area contributed by atoms with Gasteiger partial charge in [-0.15, -0.1) is 0 Å². The molecule has 0 fully saturated rings. The van der Waals surface area contributed by atoms with Crippen LogP contribution < -0.4 is 4.31 Å². The van der Waals surface area contributed by atoms with Crippen molar-refractivity contribution in [1.82, 2.24) is 0 Å². The van der Waals surface area contributed by atoms with E-state index in [0.29, 0.717) is 5.57 Å². The molecule has 0 radical (unpaired) electrons. The molecule has 168 valence electrons. The Labute approximate surface area is 202 Å². The zero-order valence-electron chi connectivity index (χ0n) is 17.1. The van der Waals surface area contributed by atoms with Gasteiger partial charge in [-0.2, -0.15) is 0 Å². The van der Waals surface area contributed by atoms with Crippen molar-refractivity contribution in [2.75, 3.05) is 10.8 Å². The van der Waals surface area contributed by atoms with Crippen molar-refractivity contribution in [2.24, 2.45) is 0 Å². The van der Waals surface area contributed by atoms with Crippen LogP contribution >= 0.6 is 22.6 Å². The van der Waals surface area contributed by atoms with Crippen LogP contribution in [0.2, 0.25) is 0 Å². The summed E-state index contributed by atoms with van der Waals surface area (Å²) in [5.41, 5.74) is 0.863. The zero-order chi connectivity index (χ0) is 23.9. The highest BCUT2D eigenvalue weighted by Gasteiger charge is 2.40. The number of benzene rings is 3. The van der Waals surface area contributed by atoms with E-state index in [1.807, 2.05) is 25.1 Å². The third-order valence-corrected chi connectivity index (χ3v) is 7.64. The molecule has 3 aromatic rings. The number of halogens is 1. The molecule has 0 saturated carbocycles. The summed E-state index contributed by atoms with van der Waals surface area (Å²) in [7, 11) is -4.14. The van der Waals surface area contributed by atoms with Crippen molar-refractivity contribution >= 4 is 61.3 Å². The van der Waals surface area contributed by atoms with Crippen LogP contribution in [0.3, 0.4) is 0 Å². The Kier molecular flexibility index (Phi) is 5.93. The molecule has 0 saturated heterocycles. The molecule has 3 aromatic carbocycles. The summed E-state index contributed by atoms with van der Waals surface area (Å²) in [5, 5.41) is 23.3. The first-order valence-corrected chi connectivity index (χ1v) is 12.1. The fourth-order valence-electron chi connectivity index (χ4n) is 3.66. The Morgan fingerprint density at radius 1 is 1.00 bits per heavy atom. The smallest absolute Gasteiger partial charge is 0.261 e. The molecule has 11 heteroatoms. The first kappa shape index (κ1) is 22.9. The average Bonchev–Trinajstić information content (AvgIpc) is 3.12. The molecular formula is C22H16IN3O6S. The third kappa shape index (κ3) is 4.33. The number of nitro groups is 2. The predicted octanol–water partition coefficient (Wildman–Crippen LogP) is 5.17. The molecule has 1 aliphatic heterocycles. The van der Waals surface area contributed by atoms with Gasteiger partial charge in [-0.3, -0.25) is 24.5 Å². The van der Waals surface area contributed by atoms with E-state index in [-0.39, 0.29) is 22.7 Å². The maximum atomic E-state index is 13.5. The van der Waals surface area contributed by atoms with Crippen molar-refractivity contribution in [3.63, 3.8) is 0 Å². The van der Waals surface area contributed by atoms with Gasteiger partial charge in [0, 0.05) is 9.64 Å². The van der Waals surface area contributed by atoms with Crippen LogP contribution in [0.15, 0.2) is 65.6 Å². The maximum Gasteiger partial charge on any atom is 0.285 e. The quantitative estimate of drug-likeness (QED) is 0.234. The van der Waals surface area contributed by atoms with Gasteiger partial charge in [0.25, 0.3) is 21.4 Å². The lowest BCUT2D eigenvalue weighted by Gasteiger charge is -2.19. The number of nitro benzene ring substituents is 2. The van der Waals surface area contributed by atoms with E-state index in [2.05, 4.69) is 22.6 Å². The third-order valence-electron chi connectivity index (χ3n) is 5.19. The van der Waals surface area contributed by atoms with E-state index < -0.39 is 31.2 Å². The van der Waals surface area contributed by atoms with Crippen molar-refractivity contribution in [3.8, 4) is 0 Å². The van der Waals surface area contributed by atoms with E-state index in [1.54, 1.807) is 24.3 Å². The van der Waals surface area contributed by atoms with Crippen LogP contribution in [0, 0.1) is 30.7 Å². The van der Waals surface area contributed by atoms with E-state index in [9.17, 15) is 28.6 Å². The average molecular weight is 577 g/mol. The molecule has 1 heterocycles. The van der Waals surface area contributed by atoms with Crippen molar-refractivity contribution in [2.45, 2.75) is 11.8 Å². The highest BCUT2D eigenvalue weighted by atomic mass is 127. The number of rotatable bonds is 5. The molecule has 0 N–H and O–H groups in total. The molecular weight excluding hydrogens is 561 g/mol. The van der Waals surface area contributed by atoms with Gasteiger partial charge in [0.1, 0.15) is 0 Å². The Morgan fingerprint density at radius 2 is 1.70 bits per heavy atom. The lowest BCUT2D eigenvalue weighted by Crippen LogP contribution is -2.29. The van der Waals surface area contributed by atoms with Gasteiger partial charge in [-0.1, -0.05) is 29.8 Å². The number of fused-ring (bicyclic) bond motifs is 1. The summed E-state index contributed by atoms with van der Waals surface area (Å²) in [6, 6.07) is 15.4. The van der Waals surface area contributed by atoms with Crippen LogP contribution in [0.5, 0.6) is 0 Å². The van der Waals surface area contributed by atoms with Gasteiger partial charge in [0.15, 0.2) is 0 Å². The van der Waals surface area contributed by atoms with Gasteiger partial charge in [-0.05, 0) is 71.0 Å². The molecule has 0 atom stereocenters. The normalized spacial score (nSPS) is 14.4. The number of hydrogen-bond donors (Lipinski definition) is 0. The molecule has 0 amide bonds. The van der Waals surface area contributed by atoms with Crippen LogP contribution in [0.4, 0.5) is 17.1 Å². The molecule has 0 bridgehead atoms. The second kappa shape index (κ2) is 8.56. The molecule has 0 unspecified atom stereocenters. The zero-order valence-corrected chi connectivity index (χ0v) is 20.1. The van der Waals surface area contributed by atoms with Gasteiger partial charge >= 0.3 is 0 Å².